The maximum Gasteiger partial charge on any atom is 0.151 e. The molecule has 1 aromatic carbocycles. The van der Waals surface area contributed by atoms with Gasteiger partial charge in [0.15, 0.2) is 9.84 Å². The van der Waals surface area contributed by atoms with Gasteiger partial charge >= 0.3 is 0 Å². The third-order valence-corrected chi connectivity index (χ3v) is 5.11. The molecule has 1 aromatic rings. The summed E-state index contributed by atoms with van der Waals surface area (Å²) in [5.41, 5.74) is 0.989. The minimum absolute atomic E-state index is 0.0272. The van der Waals surface area contributed by atoms with Crippen LogP contribution in [0.4, 0.5) is 0 Å². The summed E-state index contributed by atoms with van der Waals surface area (Å²) in [6, 6.07) is 9.37. The number of benzene rings is 1. The first-order valence-corrected chi connectivity index (χ1v) is 8.05. The largest absolute Gasteiger partial charge is 0.394 e. The van der Waals surface area contributed by atoms with Crippen molar-refractivity contribution in [1.82, 2.24) is 5.32 Å². The first kappa shape index (κ1) is 13.5. The highest BCUT2D eigenvalue weighted by molar-refractivity contribution is 7.91. The summed E-state index contributed by atoms with van der Waals surface area (Å²) in [7, 11) is -2.91. The lowest BCUT2D eigenvalue weighted by atomic mass is 10.1. The Morgan fingerprint density at radius 1 is 1.33 bits per heavy atom. The minimum Gasteiger partial charge on any atom is -0.394 e. The highest BCUT2D eigenvalue weighted by atomic mass is 32.2. The SMILES string of the molecule is O=S1(=O)CCCC(N[C@H](CO)c2ccccc2)C1. The van der Waals surface area contributed by atoms with Crippen LogP contribution in [0.2, 0.25) is 0 Å². The van der Waals surface area contributed by atoms with Crippen molar-refractivity contribution in [1.29, 1.82) is 0 Å². The zero-order chi connectivity index (χ0) is 13.0. The number of hydrogen-bond acceptors (Lipinski definition) is 4. The molecule has 0 aliphatic carbocycles. The number of hydrogen-bond donors (Lipinski definition) is 2. The third-order valence-electron chi connectivity index (χ3n) is 3.28. The lowest BCUT2D eigenvalue weighted by Gasteiger charge is -2.27. The van der Waals surface area contributed by atoms with E-state index >= 15 is 0 Å². The van der Waals surface area contributed by atoms with Crippen LogP contribution in [0.5, 0.6) is 0 Å². The van der Waals surface area contributed by atoms with Crippen LogP contribution in [0, 0.1) is 0 Å². The number of aliphatic hydroxyl groups is 1. The summed E-state index contributed by atoms with van der Waals surface area (Å²) in [5, 5.41) is 12.7. The van der Waals surface area contributed by atoms with Crippen LogP contribution in [0.25, 0.3) is 0 Å². The van der Waals surface area contributed by atoms with E-state index in [2.05, 4.69) is 5.32 Å². The van der Waals surface area contributed by atoms with Crippen molar-refractivity contribution in [2.75, 3.05) is 18.1 Å². The second kappa shape index (κ2) is 5.82. The molecule has 1 aliphatic rings. The average Bonchev–Trinajstić information content (AvgIpc) is 2.36. The van der Waals surface area contributed by atoms with Crippen molar-refractivity contribution in [3.05, 3.63) is 35.9 Å². The monoisotopic (exact) mass is 269 g/mol. The molecule has 2 atom stereocenters. The summed E-state index contributed by atoms with van der Waals surface area (Å²) in [6.45, 7) is -0.0272. The molecule has 18 heavy (non-hydrogen) atoms. The van der Waals surface area contributed by atoms with Gasteiger partial charge in [0.25, 0.3) is 0 Å². The van der Waals surface area contributed by atoms with Crippen LogP contribution in [-0.2, 0) is 9.84 Å². The maximum atomic E-state index is 11.6. The van der Waals surface area contributed by atoms with Gasteiger partial charge in [0.2, 0.25) is 0 Å². The van der Waals surface area contributed by atoms with Gasteiger partial charge in [-0.25, -0.2) is 8.42 Å². The van der Waals surface area contributed by atoms with Gasteiger partial charge in [0.05, 0.1) is 24.2 Å². The summed E-state index contributed by atoms with van der Waals surface area (Å²) < 4.78 is 23.1. The predicted molar refractivity (Wildman–Crippen MR) is 71.1 cm³/mol. The second-order valence-electron chi connectivity index (χ2n) is 4.77. The molecule has 4 nitrogen and oxygen atoms in total. The molecule has 0 aromatic heterocycles. The standard InChI is InChI=1S/C13H19NO3S/c15-9-13(11-5-2-1-3-6-11)14-12-7-4-8-18(16,17)10-12/h1-3,5-6,12-15H,4,7-10H2/t12?,13-/m1/s1. The highest BCUT2D eigenvalue weighted by Crippen LogP contribution is 2.18. The molecule has 0 amide bonds. The first-order valence-electron chi connectivity index (χ1n) is 6.23. The van der Waals surface area contributed by atoms with Crippen LogP contribution in [0.3, 0.4) is 0 Å². The zero-order valence-electron chi connectivity index (χ0n) is 10.2. The summed E-state index contributed by atoms with van der Waals surface area (Å²) >= 11 is 0. The van der Waals surface area contributed by atoms with Gasteiger partial charge in [-0.3, -0.25) is 0 Å². The molecule has 1 aliphatic heterocycles. The Morgan fingerprint density at radius 2 is 2.06 bits per heavy atom. The second-order valence-corrected chi connectivity index (χ2v) is 6.99. The fourth-order valence-electron chi connectivity index (χ4n) is 2.38. The molecule has 1 unspecified atom stereocenters. The normalized spacial score (nSPS) is 24.6. The van der Waals surface area contributed by atoms with Crippen molar-refractivity contribution >= 4 is 9.84 Å². The topological polar surface area (TPSA) is 66.4 Å². The first-order chi connectivity index (χ1) is 8.61. The lowest BCUT2D eigenvalue weighted by molar-refractivity contribution is 0.232. The number of nitrogens with one attached hydrogen (secondary N) is 1. The minimum atomic E-state index is -2.91. The van der Waals surface area contributed by atoms with Crippen molar-refractivity contribution in [2.24, 2.45) is 0 Å². The molecule has 1 heterocycles. The quantitative estimate of drug-likeness (QED) is 0.852. The molecule has 2 N–H and O–H groups in total. The number of rotatable bonds is 4. The molecular formula is C13H19NO3S. The fraction of sp³-hybridized carbons (Fsp3) is 0.538. The van der Waals surface area contributed by atoms with Gasteiger partial charge in [0, 0.05) is 6.04 Å². The van der Waals surface area contributed by atoms with E-state index in [1.165, 1.54) is 0 Å². The maximum absolute atomic E-state index is 11.6. The van der Waals surface area contributed by atoms with E-state index in [-0.39, 0.29) is 24.4 Å². The van der Waals surface area contributed by atoms with E-state index in [0.717, 1.165) is 12.0 Å². The fourth-order valence-corrected chi connectivity index (χ4v) is 4.03. The summed E-state index contributed by atoms with van der Waals surface area (Å²) in [5.74, 6) is 0.469. The van der Waals surface area contributed by atoms with Gasteiger partial charge in [-0.05, 0) is 18.4 Å². The van der Waals surface area contributed by atoms with Gasteiger partial charge < -0.3 is 10.4 Å². The predicted octanol–water partition coefficient (Wildman–Crippen LogP) is 0.887. The van der Waals surface area contributed by atoms with E-state index in [9.17, 15) is 13.5 Å². The molecule has 100 valence electrons. The van der Waals surface area contributed by atoms with E-state index in [0.29, 0.717) is 12.2 Å². The zero-order valence-corrected chi connectivity index (χ0v) is 11.1. The van der Waals surface area contributed by atoms with Crippen molar-refractivity contribution in [2.45, 2.75) is 24.9 Å². The van der Waals surface area contributed by atoms with Crippen LogP contribution < -0.4 is 5.32 Å². The molecule has 1 saturated heterocycles. The number of sulfone groups is 1. The van der Waals surface area contributed by atoms with Gasteiger partial charge in [-0.1, -0.05) is 30.3 Å². The van der Waals surface area contributed by atoms with Crippen LogP contribution >= 0.6 is 0 Å². The Labute approximate surface area is 108 Å². The van der Waals surface area contributed by atoms with E-state index in [1.807, 2.05) is 30.3 Å². The number of aliphatic hydroxyl groups excluding tert-OH is 1. The van der Waals surface area contributed by atoms with Crippen molar-refractivity contribution in [3.8, 4) is 0 Å². The smallest absolute Gasteiger partial charge is 0.151 e. The average molecular weight is 269 g/mol. The Bertz CT molecular complexity index is 472. The molecular weight excluding hydrogens is 250 g/mol. The molecule has 0 saturated carbocycles. The van der Waals surface area contributed by atoms with E-state index < -0.39 is 9.84 Å². The Kier molecular flexibility index (Phi) is 4.37. The van der Waals surface area contributed by atoms with Gasteiger partial charge in [-0.2, -0.15) is 0 Å². The Morgan fingerprint density at radius 3 is 2.67 bits per heavy atom. The highest BCUT2D eigenvalue weighted by Gasteiger charge is 2.26. The van der Waals surface area contributed by atoms with Gasteiger partial charge in [0.1, 0.15) is 0 Å². The van der Waals surface area contributed by atoms with Gasteiger partial charge in [-0.15, -0.1) is 0 Å². The Balaban J connectivity index is 2.03. The molecule has 0 bridgehead atoms. The van der Waals surface area contributed by atoms with E-state index in [1.54, 1.807) is 0 Å². The van der Waals surface area contributed by atoms with Crippen LogP contribution in [0.1, 0.15) is 24.4 Å². The molecule has 0 radical (unpaired) electrons. The summed E-state index contributed by atoms with van der Waals surface area (Å²) in [4.78, 5) is 0. The Hall–Kier alpha value is -0.910. The third kappa shape index (κ3) is 3.54. The molecule has 1 fully saturated rings. The molecule has 2 rings (SSSR count). The molecule has 0 spiro atoms. The summed E-state index contributed by atoms with van der Waals surface area (Å²) in [6.07, 6.45) is 1.55. The van der Waals surface area contributed by atoms with Crippen molar-refractivity contribution in [3.63, 3.8) is 0 Å². The van der Waals surface area contributed by atoms with Crippen molar-refractivity contribution < 1.29 is 13.5 Å². The van der Waals surface area contributed by atoms with E-state index in [4.69, 9.17) is 0 Å². The van der Waals surface area contributed by atoms with Crippen LogP contribution in [0.15, 0.2) is 30.3 Å². The lowest BCUT2D eigenvalue weighted by Crippen LogP contribution is -2.42. The van der Waals surface area contributed by atoms with Crippen LogP contribution in [-0.4, -0.2) is 37.7 Å². The molecule has 5 heteroatoms.